The van der Waals surface area contributed by atoms with Gasteiger partial charge in [-0.25, -0.2) is 0 Å². The molecule has 1 aromatic rings. The number of aliphatic carboxylic acids is 1. The Balaban J connectivity index is 1.71. The maximum Gasteiger partial charge on any atom is 0.306 e. The number of hydrogen-bond donors (Lipinski definition) is 2. The van der Waals surface area contributed by atoms with E-state index in [-0.39, 0.29) is 5.92 Å². The molecule has 2 aliphatic rings. The van der Waals surface area contributed by atoms with Gasteiger partial charge in [-0.3, -0.25) is 4.79 Å². The first-order valence-electron chi connectivity index (χ1n) is 6.64. The van der Waals surface area contributed by atoms with Crippen LogP contribution in [-0.2, 0) is 10.4 Å². The standard InChI is InChI=1S/C15H18O3/c16-14(17)12-8-15(18,9-12)13-6-4-11(5-7-13)10-2-1-3-10/h4-7,10,12,18H,1-3,8-9H2,(H,16,17). The zero-order chi connectivity index (χ0) is 12.8. The monoisotopic (exact) mass is 246 g/mol. The van der Waals surface area contributed by atoms with Gasteiger partial charge in [0.2, 0.25) is 0 Å². The van der Waals surface area contributed by atoms with Crippen molar-refractivity contribution in [1.29, 1.82) is 0 Å². The molecular weight excluding hydrogens is 228 g/mol. The number of hydrogen-bond acceptors (Lipinski definition) is 2. The average molecular weight is 246 g/mol. The van der Waals surface area contributed by atoms with E-state index in [1.807, 2.05) is 12.1 Å². The molecule has 0 aromatic heterocycles. The largest absolute Gasteiger partial charge is 0.481 e. The van der Waals surface area contributed by atoms with Crippen LogP contribution in [0.5, 0.6) is 0 Å². The van der Waals surface area contributed by atoms with Crippen LogP contribution in [0.1, 0.15) is 49.1 Å². The first-order chi connectivity index (χ1) is 8.58. The van der Waals surface area contributed by atoms with Gasteiger partial charge in [0.25, 0.3) is 0 Å². The second-order valence-corrected chi connectivity index (χ2v) is 5.72. The van der Waals surface area contributed by atoms with Gasteiger partial charge in [-0.1, -0.05) is 30.7 Å². The van der Waals surface area contributed by atoms with Crippen LogP contribution in [0.25, 0.3) is 0 Å². The maximum atomic E-state index is 10.8. The number of carboxylic acids is 1. The number of benzene rings is 1. The maximum absolute atomic E-state index is 10.8. The lowest BCUT2D eigenvalue weighted by molar-refractivity contribution is -0.159. The predicted molar refractivity (Wildman–Crippen MR) is 67.3 cm³/mol. The molecule has 2 saturated carbocycles. The van der Waals surface area contributed by atoms with Gasteiger partial charge >= 0.3 is 5.97 Å². The highest BCUT2D eigenvalue weighted by Crippen LogP contribution is 2.46. The molecule has 1 aromatic carbocycles. The lowest BCUT2D eigenvalue weighted by atomic mass is 9.67. The van der Waals surface area contributed by atoms with E-state index in [0.717, 1.165) is 5.56 Å². The Bertz CT molecular complexity index is 453. The van der Waals surface area contributed by atoms with Gasteiger partial charge < -0.3 is 10.2 Å². The Kier molecular flexibility index (Phi) is 2.67. The third kappa shape index (κ3) is 1.83. The second kappa shape index (κ2) is 4.09. The Labute approximate surface area is 106 Å². The smallest absolute Gasteiger partial charge is 0.306 e. The number of rotatable bonds is 3. The molecule has 3 rings (SSSR count). The molecule has 3 nitrogen and oxygen atoms in total. The highest BCUT2D eigenvalue weighted by molar-refractivity contribution is 5.71. The van der Waals surface area contributed by atoms with E-state index in [4.69, 9.17) is 5.11 Å². The van der Waals surface area contributed by atoms with Crippen molar-refractivity contribution in [2.75, 3.05) is 0 Å². The fourth-order valence-electron chi connectivity index (χ4n) is 2.97. The molecule has 0 saturated heterocycles. The third-order valence-electron chi connectivity index (χ3n) is 4.54. The molecule has 3 heteroatoms. The molecule has 2 fully saturated rings. The summed E-state index contributed by atoms with van der Waals surface area (Å²) in [4.78, 5) is 10.8. The van der Waals surface area contributed by atoms with Gasteiger partial charge in [0, 0.05) is 0 Å². The summed E-state index contributed by atoms with van der Waals surface area (Å²) < 4.78 is 0. The molecule has 0 spiro atoms. The van der Waals surface area contributed by atoms with E-state index in [1.54, 1.807) is 0 Å². The summed E-state index contributed by atoms with van der Waals surface area (Å²) in [5.41, 5.74) is 1.30. The Morgan fingerprint density at radius 3 is 2.22 bits per heavy atom. The van der Waals surface area contributed by atoms with E-state index in [1.165, 1.54) is 24.8 Å². The molecular formula is C15H18O3. The van der Waals surface area contributed by atoms with Crippen LogP contribution >= 0.6 is 0 Å². The highest BCUT2D eigenvalue weighted by Gasteiger charge is 2.47. The van der Waals surface area contributed by atoms with Crippen molar-refractivity contribution in [3.8, 4) is 0 Å². The van der Waals surface area contributed by atoms with Crippen LogP contribution in [0.2, 0.25) is 0 Å². The minimum Gasteiger partial charge on any atom is -0.481 e. The molecule has 18 heavy (non-hydrogen) atoms. The van der Waals surface area contributed by atoms with Crippen molar-refractivity contribution in [2.24, 2.45) is 5.92 Å². The van der Waals surface area contributed by atoms with E-state index in [0.29, 0.717) is 18.8 Å². The van der Waals surface area contributed by atoms with Crippen LogP contribution in [0.15, 0.2) is 24.3 Å². The quantitative estimate of drug-likeness (QED) is 0.862. The lowest BCUT2D eigenvalue weighted by Crippen LogP contribution is -2.44. The summed E-state index contributed by atoms with van der Waals surface area (Å²) in [6.45, 7) is 0. The van der Waals surface area contributed by atoms with Crippen molar-refractivity contribution in [1.82, 2.24) is 0 Å². The second-order valence-electron chi connectivity index (χ2n) is 5.72. The van der Waals surface area contributed by atoms with Gasteiger partial charge in [0.15, 0.2) is 0 Å². The molecule has 0 bridgehead atoms. The van der Waals surface area contributed by atoms with Crippen molar-refractivity contribution in [3.63, 3.8) is 0 Å². The van der Waals surface area contributed by atoms with Gasteiger partial charge in [-0.2, -0.15) is 0 Å². The van der Waals surface area contributed by atoms with E-state index >= 15 is 0 Å². The summed E-state index contributed by atoms with van der Waals surface area (Å²) >= 11 is 0. The zero-order valence-corrected chi connectivity index (χ0v) is 10.3. The molecule has 2 aliphatic carbocycles. The molecule has 0 aliphatic heterocycles. The minimum atomic E-state index is -0.915. The fraction of sp³-hybridized carbons (Fsp3) is 0.533. The van der Waals surface area contributed by atoms with Gasteiger partial charge in [-0.05, 0) is 42.7 Å². The van der Waals surface area contributed by atoms with E-state index in [9.17, 15) is 9.90 Å². The van der Waals surface area contributed by atoms with Crippen molar-refractivity contribution >= 4 is 5.97 Å². The molecule has 0 atom stereocenters. The topological polar surface area (TPSA) is 57.5 Å². The van der Waals surface area contributed by atoms with Crippen molar-refractivity contribution in [3.05, 3.63) is 35.4 Å². The first kappa shape index (κ1) is 11.7. The molecule has 0 radical (unpaired) electrons. The van der Waals surface area contributed by atoms with Crippen LogP contribution in [0.3, 0.4) is 0 Å². The zero-order valence-electron chi connectivity index (χ0n) is 10.3. The fourth-order valence-corrected chi connectivity index (χ4v) is 2.97. The first-order valence-corrected chi connectivity index (χ1v) is 6.64. The number of carboxylic acid groups (broad SMARTS) is 1. The molecule has 96 valence electrons. The van der Waals surface area contributed by atoms with Gasteiger partial charge in [0.1, 0.15) is 0 Å². The van der Waals surface area contributed by atoms with Crippen LogP contribution in [-0.4, -0.2) is 16.2 Å². The van der Waals surface area contributed by atoms with Crippen LogP contribution in [0.4, 0.5) is 0 Å². The summed E-state index contributed by atoms with van der Waals surface area (Å²) in [6, 6.07) is 8.11. The minimum absolute atomic E-state index is 0.338. The number of aliphatic hydroxyl groups is 1. The Hall–Kier alpha value is -1.35. The summed E-state index contributed by atoms with van der Waals surface area (Å²) in [6.07, 6.45) is 4.53. The lowest BCUT2D eigenvalue weighted by Gasteiger charge is -2.42. The van der Waals surface area contributed by atoms with E-state index in [2.05, 4.69) is 12.1 Å². The molecule has 0 heterocycles. The molecule has 0 unspecified atom stereocenters. The highest BCUT2D eigenvalue weighted by atomic mass is 16.4. The summed E-state index contributed by atoms with van der Waals surface area (Å²) in [7, 11) is 0. The van der Waals surface area contributed by atoms with Gasteiger partial charge in [-0.15, -0.1) is 0 Å². The predicted octanol–water partition coefficient (Wildman–Crippen LogP) is 2.64. The molecule has 2 N–H and O–H groups in total. The Morgan fingerprint density at radius 1 is 1.17 bits per heavy atom. The van der Waals surface area contributed by atoms with E-state index < -0.39 is 11.6 Å². The van der Waals surface area contributed by atoms with Crippen LogP contribution < -0.4 is 0 Å². The normalized spacial score (nSPS) is 31.5. The van der Waals surface area contributed by atoms with Crippen molar-refractivity contribution in [2.45, 2.75) is 43.6 Å². The van der Waals surface area contributed by atoms with Crippen LogP contribution in [0, 0.1) is 5.92 Å². The molecule has 0 amide bonds. The third-order valence-corrected chi connectivity index (χ3v) is 4.54. The number of carbonyl (C=O) groups is 1. The summed E-state index contributed by atoms with van der Waals surface area (Å²) in [5, 5.41) is 19.2. The Morgan fingerprint density at radius 2 is 1.78 bits per heavy atom. The summed E-state index contributed by atoms with van der Waals surface area (Å²) in [5.74, 6) is -0.492. The SMILES string of the molecule is O=C(O)C1CC(O)(c2ccc(C3CCC3)cc2)C1. The van der Waals surface area contributed by atoms with Crippen molar-refractivity contribution < 1.29 is 15.0 Å². The van der Waals surface area contributed by atoms with Gasteiger partial charge in [0.05, 0.1) is 11.5 Å². The average Bonchev–Trinajstić information content (AvgIpc) is 2.23.